The second-order valence-corrected chi connectivity index (χ2v) is 5.57. The summed E-state index contributed by atoms with van der Waals surface area (Å²) in [7, 11) is 0. The fourth-order valence-corrected chi connectivity index (χ4v) is 2.53. The maximum atomic E-state index is 12.7. The van der Waals surface area contributed by atoms with E-state index in [1.54, 1.807) is 6.07 Å². The molecule has 0 N–H and O–H groups in total. The van der Waals surface area contributed by atoms with Gasteiger partial charge in [0, 0.05) is 13.0 Å². The molecule has 22 heavy (non-hydrogen) atoms. The van der Waals surface area contributed by atoms with Crippen molar-refractivity contribution in [2.45, 2.75) is 38.0 Å². The van der Waals surface area contributed by atoms with Crippen molar-refractivity contribution in [3.63, 3.8) is 0 Å². The minimum Gasteiger partial charge on any atom is -0.365 e. The number of hydrogen-bond acceptors (Lipinski definition) is 4. The van der Waals surface area contributed by atoms with Gasteiger partial charge in [-0.3, -0.25) is 0 Å². The van der Waals surface area contributed by atoms with Crippen molar-refractivity contribution >= 4 is 0 Å². The fraction of sp³-hybridized carbons (Fsp3) is 0.467. The standard InChI is InChI=1S/C15H15F3N2O2/c1-14(6-3-7-21-14)13-19-12(20-22-13)9-10-4-2-5-11(8-10)15(16,17)18/h2,4-5,8H,3,6-7,9H2,1H3. The van der Waals surface area contributed by atoms with E-state index in [-0.39, 0.29) is 6.42 Å². The molecule has 1 atom stereocenters. The molecule has 2 aromatic rings. The van der Waals surface area contributed by atoms with Crippen LogP contribution in [0.25, 0.3) is 0 Å². The highest BCUT2D eigenvalue weighted by Gasteiger charge is 2.37. The first-order valence-corrected chi connectivity index (χ1v) is 7.00. The van der Waals surface area contributed by atoms with Crippen molar-refractivity contribution in [1.29, 1.82) is 0 Å². The number of hydrogen-bond donors (Lipinski definition) is 0. The summed E-state index contributed by atoms with van der Waals surface area (Å²) in [5.74, 6) is 0.734. The minimum absolute atomic E-state index is 0.184. The number of halogens is 3. The molecule has 0 spiro atoms. The normalized spacial score (nSPS) is 22.2. The Hall–Kier alpha value is -1.89. The molecular formula is C15H15F3N2O2. The lowest BCUT2D eigenvalue weighted by atomic mass is 10.0. The van der Waals surface area contributed by atoms with Crippen LogP contribution in [0.15, 0.2) is 28.8 Å². The summed E-state index contributed by atoms with van der Waals surface area (Å²) in [6.07, 6.45) is -2.47. The van der Waals surface area contributed by atoms with Crippen LogP contribution in [-0.2, 0) is 22.9 Å². The monoisotopic (exact) mass is 312 g/mol. The van der Waals surface area contributed by atoms with Crippen LogP contribution >= 0.6 is 0 Å². The third kappa shape index (κ3) is 2.99. The molecule has 0 bridgehead atoms. The van der Waals surface area contributed by atoms with Crippen LogP contribution in [-0.4, -0.2) is 16.7 Å². The van der Waals surface area contributed by atoms with E-state index < -0.39 is 17.3 Å². The SMILES string of the molecule is CC1(c2nc(Cc3cccc(C(F)(F)F)c3)no2)CCCO1. The smallest absolute Gasteiger partial charge is 0.365 e. The third-order valence-electron chi connectivity index (χ3n) is 3.76. The summed E-state index contributed by atoms with van der Waals surface area (Å²) in [5.41, 5.74) is -0.779. The lowest BCUT2D eigenvalue weighted by Gasteiger charge is -2.16. The number of rotatable bonds is 3. The first kappa shape index (κ1) is 15.0. The average molecular weight is 312 g/mol. The van der Waals surface area contributed by atoms with E-state index in [4.69, 9.17) is 9.26 Å². The molecule has 1 aromatic heterocycles. The van der Waals surface area contributed by atoms with Crippen molar-refractivity contribution < 1.29 is 22.4 Å². The van der Waals surface area contributed by atoms with Gasteiger partial charge in [-0.2, -0.15) is 18.2 Å². The number of ether oxygens (including phenoxy) is 1. The largest absolute Gasteiger partial charge is 0.416 e. The maximum Gasteiger partial charge on any atom is 0.416 e. The Bertz CT molecular complexity index is 661. The van der Waals surface area contributed by atoms with E-state index in [1.807, 2.05) is 6.92 Å². The summed E-state index contributed by atoms with van der Waals surface area (Å²) in [4.78, 5) is 4.27. The summed E-state index contributed by atoms with van der Waals surface area (Å²) < 4.78 is 48.9. The maximum absolute atomic E-state index is 12.7. The molecular weight excluding hydrogens is 297 g/mol. The number of aromatic nitrogens is 2. The predicted molar refractivity (Wildman–Crippen MR) is 71.1 cm³/mol. The Morgan fingerprint density at radius 2 is 2.14 bits per heavy atom. The lowest BCUT2D eigenvalue weighted by molar-refractivity contribution is -0.137. The summed E-state index contributed by atoms with van der Waals surface area (Å²) in [6, 6.07) is 5.13. The topological polar surface area (TPSA) is 48.2 Å². The van der Waals surface area contributed by atoms with Gasteiger partial charge in [0.05, 0.1) is 5.56 Å². The van der Waals surface area contributed by atoms with E-state index in [1.165, 1.54) is 6.07 Å². The van der Waals surface area contributed by atoms with E-state index in [0.717, 1.165) is 25.0 Å². The number of benzene rings is 1. The molecule has 0 saturated carbocycles. The van der Waals surface area contributed by atoms with Gasteiger partial charge >= 0.3 is 6.18 Å². The van der Waals surface area contributed by atoms with E-state index in [9.17, 15) is 13.2 Å². The molecule has 3 rings (SSSR count). The summed E-state index contributed by atoms with van der Waals surface area (Å²) in [5, 5.41) is 3.85. The van der Waals surface area contributed by atoms with E-state index >= 15 is 0 Å². The quantitative estimate of drug-likeness (QED) is 0.867. The van der Waals surface area contributed by atoms with Gasteiger partial charge < -0.3 is 9.26 Å². The molecule has 7 heteroatoms. The number of alkyl halides is 3. The summed E-state index contributed by atoms with van der Waals surface area (Å²) >= 11 is 0. The van der Waals surface area contributed by atoms with Gasteiger partial charge in [-0.05, 0) is 31.4 Å². The van der Waals surface area contributed by atoms with Gasteiger partial charge in [0.1, 0.15) is 5.60 Å². The van der Waals surface area contributed by atoms with Crippen molar-refractivity contribution in [1.82, 2.24) is 10.1 Å². The first-order chi connectivity index (χ1) is 10.4. The van der Waals surface area contributed by atoms with Crippen molar-refractivity contribution in [2.75, 3.05) is 6.61 Å². The van der Waals surface area contributed by atoms with Gasteiger partial charge in [-0.1, -0.05) is 23.4 Å². The zero-order chi connectivity index (χ0) is 15.8. The van der Waals surface area contributed by atoms with Crippen LogP contribution in [0.5, 0.6) is 0 Å². The molecule has 0 amide bonds. The Kier molecular flexibility index (Phi) is 3.68. The van der Waals surface area contributed by atoms with Crippen LogP contribution in [0.1, 0.15) is 42.6 Å². The van der Waals surface area contributed by atoms with Crippen LogP contribution in [0.3, 0.4) is 0 Å². The zero-order valence-corrected chi connectivity index (χ0v) is 12.0. The highest BCUT2D eigenvalue weighted by molar-refractivity contribution is 5.27. The van der Waals surface area contributed by atoms with Crippen LogP contribution in [0.4, 0.5) is 13.2 Å². The van der Waals surface area contributed by atoms with E-state index in [2.05, 4.69) is 10.1 Å². The molecule has 1 unspecified atom stereocenters. The van der Waals surface area contributed by atoms with Gasteiger partial charge in [0.25, 0.3) is 5.89 Å². The molecule has 0 radical (unpaired) electrons. The first-order valence-electron chi connectivity index (χ1n) is 7.00. The van der Waals surface area contributed by atoms with Crippen molar-refractivity contribution in [3.8, 4) is 0 Å². The number of nitrogens with zero attached hydrogens (tertiary/aromatic N) is 2. The summed E-state index contributed by atoms with van der Waals surface area (Å²) in [6.45, 7) is 2.52. The Morgan fingerprint density at radius 1 is 1.32 bits per heavy atom. The Labute approximate surface area is 125 Å². The molecule has 1 fully saturated rings. The fourth-order valence-electron chi connectivity index (χ4n) is 2.53. The molecule has 1 aromatic carbocycles. The van der Waals surface area contributed by atoms with Gasteiger partial charge in [0.15, 0.2) is 5.82 Å². The zero-order valence-electron chi connectivity index (χ0n) is 12.0. The molecule has 1 aliphatic heterocycles. The average Bonchev–Trinajstić information content (AvgIpc) is 3.08. The van der Waals surface area contributed by atoms with Crippen molar-refractivity contribution in [2.24, 2.45) is 0 Å². The lowest BCUT2D eigenvalue weighted by Crippen LogP contribution is -2.20. The predicted octanol–water partition coefficient (Wildman–Crippen LogP) is 3.70. The highest BCUT2D eigenvalue weighted by atomic mass is 19.4. The second-order valence-electron chi connectivity index (χ2n) is 5.57. The van der Waals surface area contributed by atoms with Gasteiger partial charge in [-0.25, -0.2) is 0 Å². The third-order valence-corrected chi connectivity index (χ3v) is 3.76. The molecule has 118 valence electrons. The molecule has 0 aliphatic carbocycles. The molecule has 2 heterocycles. The molecule has 1 saturated heterocycles. The Balaban J connectivity index is 1.78. The minimum atomic E-state index is -4.36. The molecule has 4 nitrogen and oxygen atoms in total. The Morgan fingerprint density at radius 3 is 2.82 bits per heavy atom. The second kappa shape index (κ2) is 5.39. The van der Waals surface area contributed by atoms with Gasteiger partial charge in [0.2, 0.25) is 0 Å². The van der Waals surface area contributed by atoms with Crippen LogP contribution in [0.2, 0.25) is 0 Å². The highest BCUT2D eigenvalue weighted by Crippen LogP contribution is 2.34. The van der Waals surface area contributed by atoms with Crippen LogP contribution < -0.4 is 0 Å². The molecule has 1 aliphatic rings. The van der Waals surface area contributed by atoms with E-state index in [0.29, 0.717) is 23.9 Å². The van der Waals surface area contributed by atoms with Crippen molar-refractivity contribution in [3.05, 3.63) is 47.1 Å². The van der Waals surface area contributed by atoms with Gasteiger partial charge in [-0.15, -0.1) is 0 Å². The van der Waals surface area contributed by atoms with Crippen LogP contribution in [0, 0.1) is 0 Å².